The lowest BCUT2D eigenvalue weighted by Gasteiger charge is -2.29. The van der Waals surface area contributed by atoms with Gasteiger partial charge in [0.05, 0.1) is 0 Å². The molecule has 1 fully saturated rings. The van der Waals surface area contributed by atoms with Crippen molar-refractivity contribution in [2.75, 3.05) is 13.1 Å². The highest BCUT2D eigenvalue weighted by atomic mass is 15.3. The van der Waals surface area contributed by atoms with Crippen LogP contribution in [0.1, 0.15) is 47.5 Å². The first-order chi connectivity index (χ1) is 8.38. The van der Waals surface area contributed by atoms with Crippen LogP contribution in [0.15, 0.2) is 16.6 Å². The van der Waals surface area contributed by atoms with E-state index in [9.17, 15) is 0 Å². The molecular formula is C16H28N2. The normalized spacial score (nSPS) is 30.0. The Morgan fingerprint density at radius 3 is 2.50 bits per heavy atom. The topological polar surface area (TPSA) is 15.6 Å². The Bertz CT molecular complexity index is 347. The molecule has 0 N–H and O–H groups in total. The van der Waals surface area contributed by atoms with Gasteiger partial charge in [-0.2, -0.15) is 0 Å². The van der Waals surface area contributed by atoms with E-state index in [4.69, 9.17) is 4.99 Å². The average molecular weight is 248 g/mol. The largest absolute Gasteiger partial charge is 0.281 e. The van der Waals surface area contributed by atoms with Crippen molar-refractivity contribution in [3.8, 4) is 0 Å². The summed E-state index contributed by atoms with van der Waals surface area (Å²) in [6, 6.07) is 0. The minimum atomic E-state index is 0.236. The van der Waals surface area contributed by atoms with E-state index in [1.807, 2.05) is 0 Å². The number of hydrogen-bond acceptors (Lipinski definition) is 2. The fraction of sp³-hybridized carbons (Fsp3) is 0.812. The Kier molecular flexibility index (Phi) is 3.96. The van der Waals surface area contributed by atoms with Crippen LogP contribution in [0.5, 0.6) is 0 Å². The summed E-state index contributed by atoms with van der Waals surface area (Å²) in [6.07, 6.45) is 7.34. The highest BCUT2D eigenvalue weighted by molar-refractivity contribution is 5.81. The average Bonchev–Trinajstić information content (AvgIpc) is 2.77. The van der Waals surface area contributed by atoms with Crippen molar-refractivity contribution >= 4 is 6.21 Å². The Morgan fingerprint density at radius 2 is 2.06 bits per heavy atom. The first-order valence-electron chi connectivity index (χ1n) is 7.36. The summed E-state index contributed by atoms with van der Waals surface area (Å²) in [6.45, 7) is 13.9. The Labute approximate surface area is 112 Å². The number of dihydropyridines is 1. The van der Waals surface area contributed by atoms with Crippen molar-refractivity contribution < 1.29 is 0 Å². The fourth-order valence-electron chi connectivity index (χ4n) is 2.89. The summed E-state index contributed by atoms with van der Waals surface area (Å²) in [5, 5.41) is 0. The molecule has 2 heterocycles. The zero-order chi connectivity index (χ0) is 13.3. The van der Waals surface area contributed by atoms with Crippen molar-refractivity contribution in [3.63, 3.8) is 0 Å². The van der Waals surface area contributed by atoms with Crippen LogP contribution in [-0.4, -0.2) is 30.4 Å². The van der Waals surface area contributed by atoms with Gasteiger partial charge in [0.25, 0.3) is 0 Å². The summed E-state index contributed by atoms with van der Waals surface area (Å²) in [5.41, 5.74) is 1.62. The molecule has 102 valence electrons. The van der Waals surface area contributed by atoms with Gasteiger partial charge in [-0.05, 0) is 29.2 Å². The smallest absolute Gasteiger partial charge is 0.105 e. The standard InChI is InChI=1S/C16H28N2/c1-12(2)13-8-9-18(11-13)15-7-6-14(10-17-15)16(3,4)5/h6,10,12-13,15H,7-9,11H2,1-5H3/t13-,15?/m1/s1. The molecule has 0 aromatic rings. The number of allylic oxidation sites excluding steroid dienone is 1. The molecule has 0 aromatic heterocycles. The lowest BCUT2D eigenvalue weighted by Crippen LogP contribution is -2.34. The van der Waals surface area contributed by atoms with Crippen molar-refractivity contribution in [2.24, 2.45) is 22.2 Å². The molecule has 2 nitrogen and oxygen atoms in total. The Balaban J connectivity index is 1.92. The number of hydrogen-bond donors (Lipinski definition) is 0. The van der Waals surface area contributed by atoms with Crippen LogP contribution in [0.2, 0.25) is 0 Å². The van der Waals surface area contributed by atoms with Crippen LogP contribution in [0.3, 0.4) is 0 Å². The van der Waals surface area contributed by atoms with Gasteiger partial charge in [-0.1, -0.05) is 40.7 Å². The molecule has 0 spiro atoms. The number of rotatable bonds is 2. The lowest BCUT2D eigenvalue weighted by atomic mass is 9.85. The minimum Gasteiger partial charge on any atom is -0.281 e. The summed E-state index contributed by atoms with van der Waals surface area (Å²) in [7, 11) is 0. The molecule has 0 radical (unpaired) electrons. The molecule has 2 rings (SSSR count). The second-order valence-electron chi connectivity index (χ2n) is 7.19. The molecule has 2 atom stereocenters. The van der Waals surface area contributed by atoms with E-state index in [1.54, 1.807) is 0 Å². The van der Waals surface area contributed by atoms with Gasteiger partial charge in [0.2, 0.25) is 0 Å². The van der Waals surface area contributed by atoms with Crippen LogP contribution in [0.4, 0.5) is 0 Å². The Morgan fingerprint density at radius 1 is 1.33 bits per heavy atom. The van der Waals surface area contributed by atoms with Crippen LogP contribution in [0, 0.1) is 17.3 Å². The molecule has 1 unspecified atom stereocenters. The van der Waals surface area contributed by atoms with E-state index >= 15 is 0 Å². The predicted molar refractivity (Wildman–Crippen MR) is 79.0 cm³/mol. The van der Waals surface area contributed by atoms with Gasteiger partial charge in [-0.3, -0.25) is 9.89 Å². The van der Waals surface area contributed by atoms with Gasteiger partial charge in [0.15, 0.2) is 0 Å². The van der Waals surface area contributed by atoms with Crippen molar-refractivity contribution in [1.29, 1.82) is 0 Å². The molecule has 2 aliphatic rings. The third-order valence-electron chi connectivity index (χ3n) is 4.42. The van der Waals surface area contributed by atoms with Crippen molar-refractivity contribution in [3.05, 3.63) is 11.6 Å². The fourth-order valence-corrected chi connectivity index (χ4v) is 2.89. The predicted octanol–water partition coefficient (Wildman–Crippen LogP) is 3.74. The molecule has 0 saturated carbocycles. The van der Waals surface area contributed by atoms with E-state index in [-0.39, 0.29) is 5.41 Å². The van der Waals surface area contributed by atoms with E-state index < -0.39 is 0 Å². The molecule has 1 saturated heterocycles. The van der Waals surface area contributed by atoms with Crippen LogP contribution < -0.4 is 0 Å². The molecule has 0 bridgehead atoms. The zero-order valence-electron chi connectivity index (χ0n) is 12.6. The number of nitrogens with zero attached hydrogens (tertiary/aromatic N) is 2. The maximum absolute atomic E-state index is 4.79. The lowest BCUT2D eigenvalue weighted by molar-refractivity contribution is 0.230. The molecule has 2 heteroatoms. The van der Waals surface area contributed by atoms with Gasteiger partial charge < -0.3 is 0 Å². The van der Waals surface area contributed by atoms with E-state index in [1.165, 1.54) is 25.1 Å². The minimum absolute atomic E-state index is 0.236. The van der Waals surface area contributed by atoms with Crippen molar-refractivity contribution in [1.82, 2.24) is 4.90 Å². The van der Waals surface area contributed by atoms with Crippen LogP contribution in [0.25, 0.3) is 0 Å². The third-order valence-corrected chi connectivity index (χ3v) is 4.42. The SMILES string of the molecule is CC(C)[C@@H]1CCN(C2CC=C(C(C)(C)C)C=N2)C1. The highest BCUT2D eigenvalue weighted by Gasteiger charge is 2.30. The second kappa shape index (κ2) is 5.16. The molecule has 18 heavy (non-hydrogen) atoms. The Hall–Kier alpha value is -0.630. The number of likely N-dealkylation sites (tertiary alicyclic amines) is 1. The first kappa shape index (κ1) is 13.8. The summed E-state index contributed by atoms with van der Waals surface area (Å²) >= 11 is 0. The van der Waals surface area contributed by atoms with E-state index in [0.717, 1.165) is 18.3 Å². The first-order valence-corrected chi connectivity index (χ1v) is 7.36. The number of aliphatic imine (C=N–C) groups is 1. The monoisotopic (exact) mass is 248 g/mol. The summed E-state index contributed by atoms with van der Waals surface area (Å²) in [4.78, 5) is 7.35. The quantitative estimate of drug-likeness (QED) is 0.727. The second-order valence-corrected chi connectivity index (χ2v) is 7.19. The third kappa shape index (κ3) is 3.03. The molecule has 0 aliphatic carbocycles. The molecular weight excluding hydrogens is 220 g/mol. The summed E-state index contributed by atoms with van der Waals surface area (Å²) in [5.74, 6) is 1.68. The molecule has 2 aliphatic heterocycles. The van der Waals surface area contributed by atoms with Gasteiger partial charge in [0, 0.05) is 25.7 Å². The molecule has 0 amide bonds. The van der Waals surface area contributed by atoms with Crippen LogP contribution >= 0.6 is 0 Å². The maximum atomic E-state index is 4.79. The van der Waals surface area contributed by atoms with E-state index in [2.05, 4.69) is 51.8 Å². The van der Waals surface area contributed by atoms with Gasteiger partial charge in [-0.25, -0.2) is 0 Å². The van der Waals surface area contributed by atoms with E-state index in [0.29, 0.717) is 6.17 Å². The zero-order valence-corrected chi connectivity index (χ0v) is 12.6. The van der Waals surface area contributed by atoms with Gasteiger partial charge >= 0.3 is 0 Å². The summed E-state index contributed by atoms with van der Waals surface area (Å²) < 4.78 is 0. The van der Waals surface area contributed by atoms with Gasteiger partial charge in [-0.15, -0.1) is 0 Å². The maximum Gasteiger partial charge on any atom is 0.105 e. The molecule has 0 aromatic carbocycles. The van der Waals surface area contributed by atoms with Crippen LogP contribution in [-0.2, 0) is 0 Å². The van der Waals surface area contributed by atoms with Gasteiger partial charge in [0.1, 0.15) is 6.17 Å². The van der Waals surface area contributed by atoms with Crippen molar-refractivity contribution in [2.45, 2.75) is 53.6 Å². The highest BCUT2D eigenvalue weighted by Crippen LogP contribution is 2.30.